The van der Waals surface area contributed by atoms with Crippen molar-refractivity contribution in [1.29, 1.82) is 0 Å². The number of cyclic esters (lactones) is 1. The van der Waals surface area contributed by atoms with Crippen LogP contribution >= 0.6 is 0 Å². The van der Waals surface area contributed by atoms with E-state index < -0.39 is 12.1 Å². The molecule has 38 heavy (non-hydrogen) atoms. The molecule has 0 aliphatic carbocycles. The second-order valence-corrected chi connectivity index (χ2v) is 9.32. The number of benzene rings is 3. The topological polar surface area (TPSA) is 84.9 Å². The Kier molecular flexibility index (Phi) is 6.15. The minimum Gasteiger partial charge on any atom is -0.497 e. The molecule has 0 N–H and O–H groups in total. The fourth-order valence-electron chi connectivity index (χ4n) is 5.78. The summed E-state index contributed by atoms with van der Waals surface area (Å²) in [7, 11) is 6.34. The van der Waals surface area contributed by atoms with Crippen LogP contribution in [-0.2, 0) is 17.7 Å². The zero-order chi connectivity index (χ0) is 26.4. The van der Waals surface area contributed by atoms with E-state index in [1.54, 1.807) is 27.4 Å². The highest BCUT2D eigenvalue weighted by Crippen LogP contribution is 2.55. The van der Waals surface area contributed by atoms with Crippen molar-refractivity contribution in [3.8, 4) is 34.5 Å². The van der Waals surface area contributed by atoms with E-state index in [0.717, 1.165) is 41.0 Å². The third kappa shape index (κ3) is 3.77. The van der Waals surface area contributed by atoms with Gasteiger partial charge in [-0.15, -0.1) is 0 Å². The monoisotopic (exact) mass is 519 g/mol. The van der Waals surface area contributed by atoms with E-state index >= 15 is 0 Å². The van der Waals surface area contributed by atoms with Crippen molar-refractivity contribution in [3.05, 3.63) is 70.3 Å². The Balaban J connectivity index is 1.52. The summed E-state index contributed by atoms with van der Waals surface area (Å²) in [6, 6.07) is 13.3. The van der Waals surface area contributed by atoms with Crippen LogP contribution in [0.25, 0.3) is 0 Å². The maximum absolute atomic E-state index is 13.3. The Bertz CT molecular complexity index is 1400. The minimum absolute atomic E-state index is 0.130. The summed E-state index contributed by atoms with van der Waals surface area (Å²) in [5.74, 6) is 3.00. The first kappa shape index (κ1) is 24.2. The molecule has 9 heteroatoms. The standard InChI is InChI=1S/C29H29NO8/c1-32-18-7-5-6-16(12-18)14-30-11-10-17-13-21-27(37-15-36-21)28(35-4)22(17)24(30)25-19-8-9-20(33-2)26(34-3)23(19)29(31)38-25/h5-9,12-13,24-25H,10-11,14-15H2,1-4H3/t24-,25+/m1/s1. The predicted octanol–water partition coefficient (Wildman–Crippen LogP) is 4.46. The maximum Gasteiger partial charge on any atom is 0.343 e. The molecule has 3 heterocycles. The molecule has 0 spiro atoms. The van der Waals surface area contributed by atoms with Crippen LogP contribution in [0.2, 0.25) is 0 Å². The highest BCUT2D eigenvalue weighted by atomic mass is 16.7. The van der Waals surface area contributed by atoms with Gasteiger partial charge in [0.25, 0.3) is 0 Å². The zero-order valence-electron chi connectivity index (χ0n) is 21.7. The molecule has 3 aliphatic rings. The molecule has 3 aromatic carbocycles. The van der Waals surface area contributed by atoms with E-state index in [-0.39, 0.29) is 12.8 Å². The van der Waals surface area contributed by atoms with Crippen molar-refractivity contribution in [2.75, 3.05) is 41.8 Å². The summed E-state index contributed by atoms with van der Waals surface area (Å²) in [6.45, 7) is 1.47. The number of hydrogen-bond donors (Lipinski definition) is 0. The second-order valence-electron chi connectivity index (χ2n) is 9.32. The van der Waals surface area contributed by atoms with E-state index in [4.69, 9.17) is 33.2 Å². The maximum atomic E-state index is 13.3. The van der Waals surface area contributed by atoms with E-state index in [9.17, 15) is 4.79 Å². The van der Waals surface area contributed by atoms with Gasteiger partial charge in [-0.3, -0.25) is 4.90 Å². The van der Waals surface area contributed by atoms with E-state index in [1.165, 1.54) is 7.11 Å². The Labute approximate surface area is 220 Å². The molecule has 0 saturated heterocycles. The van der Waals surface area contributed by atoms with Gasteiger partial charge in [-0.25, -0.2) is 4.79 Å². The molecule has 0 unspecified atom stereocenters. The van der Waals surface area contributed by atoms with Crippen molar-refractivity contribution >= 4 is 5.97 Å². The van der Waals surface area contributed by atoms with Crippen LogP contribution in [0.4, 0.5) is 0 Å². The summed E-state index contributed by atoms with van der Waals surface area (Å²) in [5, 5.41) is 0. The number of methoxy groups -OCH3 is 4. The number of rotatable bonds is 7. The van der Waals surface area contributed by atoms with Crippen LogP contribution in [-0.4, -0.2) is 52.6 Å². The Hall–Kier alpha value is -4.11. The van der Waals surface area contributed by atoms with Crippen molar-refractivity contribution < 1.29 is 38.0 Å². The average molecular weight is 520 g/mol. The molecule has 2 atom stereocenters. The summed E-state index contributed by atoms with van der Waals surface area (Å²) in [4.78, 5) is 15.6. The summed E-state index contributed by atoms with van der Waals surface area (Å²) >= 11 is 0. The highest BCUT2D eigenvalue weighted by molar-refractivity contribution is 5.98. The van der Waals surface area contributed by atoms with Crippen LogP contribution in [0.1, 0.15) is 44.8 Å². The summed E-state index contributed by atoms with van der Waals surface area (Å²) in [6.07, 6.45) is 0.152. The summed E-state index contributed by atoms with van der Waals surface area (Å²) in [5.41, 5.74) is 4.19. The average Bonchev–Trinajstić information content (AvgIpc) is 3.55. The number of ether oxygens (including phenoxy) is 7. The molecular weight excluding hydrogens is 490 g/mol. The Morgan fingerprint density at radius 2 is 1.79 bits per heavy atom. The molecular formula is C29H29NO8. The largest absolute Gasteiger partial charge is 0.497 e. The molecule has 3 aromatic rings. The van der Waals surface area contributed by atoms with Gasteiger partial charge in [0.2, 0.25) is 12.5 Å². The van der Waals surface area contributed by atoms with E-state index in [0.29, 0.717) is 40.9 Å². The number of hydrogen-bond acceptors (Lipinski definition) is 9. The van der Waals surface area contributed by atoms with Crippen LogP contribution in [0, 0.1) is 0 Å². The molecule has 3 aliphatic heterocycles. The van der Waals surface area contributed by atoms with Gasteiger partial charge in [-0.05, 0) is 41.8 Å². The van der Waals surface area contributed by atoms with Crippen molar-refractivity contribution in [2.45, 2.75) is 25.1 Å². The first-order valence-corrected chi connectivity index (χ1v) is 12.4. The quantitative estimate of drug-likeness (QED) is 0.420. The predicted molar refractivity (Wildman–Crippen MR) is 137 cm³/mol. The number of nitrogens with zero attached hydrogens (tertiary/aromatic N) is 1. The smallest absolute Gasteiger partial charge is 0.343 e. The molecule has 0 amide bonds. The fraction of sp³-hybridized carbons (Fsp3) is 0.345. The van der Waals surface area contributed by atoms with Gasteiger partial charge in [0.15, 0.2) is 23.0 Å². The lowest BCUT2D eigenvalue weighted by Crippen LogP contribution is -2.38. The zero-order valence-corrected chi connectivity index (χ0v) is 21.7. The number of fused-ring (bicyclic) bond motifs is 3. The molecule has 0 saturated carbocycles. The molecule has 0 bridgehead atoms. The van der Waals surface area contributed by atoms with Gasteiger partial charge in [-0.2, -0.15) is 0 Å². The van der Waals surface area contributed by atoms with Gasteiger partial charge in [0.05, 0.1) is 34.5 Å². The Morgan fingerprint density at radius 1 is 0.947 bits per heavy atom. The SMILES string of the molecule is COc1cccc(CN2CCc3cc4c(c(OC)c3[C@@H]2[C@H]2OC(=O)c3c2ccc(OC)c3OC)OCO4)c1. The highest BCUT2D eigenvalue weighted by Gasteiger charge is 2.47. The van der Waals surface area contributed by atoms with Gasteiger partial charge in [-0.1, -0.05) is 18.2 Å². The lowest BCUT2D eigenvalue weighted by molar-refractivity contribution is 0.000520. The molecule has 198 valence electrons. The van der Waals surface area contributed by atoms with Crippen LogP contribution in [0.3, 0.4) is 0 Å². The van der Waals surface area contributed by atoms with E-state index in [1.807, 2.05) is 30.3 Å². The number of carbonyl (C=O) groups is 1. The third-order valence-electron chi connectivity index (χ3n) is 7.43. The lowest BCUT2D eigenvalue weighted by atomic mass is 9.84. The van der Waals surface area contributed by atoms with Gasteiger partial charge in [0.1, 0.15) is 17.4 Å². The lowest BCUT2D eigenvalue weighted by Gasteiger charge is -2.40. The van der Waals surface area contributed by atoms with Crippen molar-refractivity contribution in [3.63, 3.8) is 0 Å². The van der Waals surface area contributed by atoms with Crippen molar-refractivity contribution in [1.82, 2.24) is 4.90 Å². The molecule has 0 fully saturated rings. The number of esters is 1. The van der Waals surface area contributed by atoms with Gasteiger partial charge >= 0.3 is 5.97 Å². The van der Waals surface area contributed by atoms with Gasteiger partial charge in [0, 0.05) is 24.2 Å². The molecule has 0 aromatic heterocycles. The van der Waals surface area contributed by atoms with Crippen LogP contribution < -0.4 is 28.4 Å². The first-order valence-electron chi connectivity index (χ1n) is 12.4. The molecule has 9 nitrogen and oxygen atoms in total. The second kappa shape index (κ2) is 9.64. The van der Waals surface area contributed by atoms with E-state index in [2.05, 4.69) is 11.0 Å². The number of carbonyl (C=O) groups excluding carboxylic acids is 1. The molecule has 0 radical (unpaired) electrons. The van der Waals surface area contributed by atoms with Gasteiger partial charge < -0.3 is 33.2 Å². The minimum atomic E-state index is -0.615. The van der Waals surface area contributed by atoms with Crippen LogP contribution in [0.15, 0.2) is 42.5 Å². The molecule has 6 rings (SSSR count). The summed E-state index contributed by atoms with van der Waals surface area (Å²) < 4.78 is 40.1. The van der Waals surface area contributed by atoms with Crippen molar-refractivity contribution in [2.24, 2.45) is 0 Å². The third-order valence-corrected chi connectivity index (χ3v) is 7.43. The fourth-order valence-corrected chi connectivity index (χ4v) is 5.78. The normalized spacial score (nSPS) is 19.4. The first-order chi connectivity index (χ1) is 18.6. The Morgan fingerprint density at radius 3 is 2.55 bits per heavy atom. The van der Waals surface area contributed by atoms with Crippen LogP contribution in [0.5, 0.6) is 34.5 Å².